The smallest absolute Gasteiger partial charge is 0.346 e. The molecule has 4 rings (SSSR count). The molecule has 1 fully saturated rings. The molecule has 140 valence electrons. The first-order valence-corrected chi connectivity index (χ1v) is 9.30. The standard InChI is InChI=1S/C20H23N5O2/c1-13(2)25-19(18-14(3)7-9-27-18)22-24(20(25)26)12-15-11-23-8-5-4-6-17(23)16(15)10-21/h4-6,8,11,13-14,18H,7,9,12H2,1-3H3/t14-,18+/m1/s1. The number of hydrogen-bond acceptors (Lipinski definition) is 4. The summed E-state index contributed by atoms with van der Waals surface area (Å²) in [6.07, 6.45) is 4.59. The highest BCUT2D eigenvalue weighted by atomic mass is 16.5. The van der Waals surface area contributed by atoms with Crippen LogP contribution in [0.3, 0.4) is 0 Å². The highest BCUT2D eigenvalue weighted by Gasteiger charge is 2.32. The molecule has 3 aromatic heterocycles. The fourth-order valence-electron chi connectivity index (χ4n) is 3.83. The van der Waals surface area contributed by atoms with Gasteiger partial charge in [-0.05, 0) is 38.3 Å². The van der Waals surface area contributed by atoms with Crippen LogP contribution in [0.15, 0.2) is 35.4 Å². The SMILES string of the molecule is CC(C)n1c([C@H]2OCC[C@H]2C)nn(Cc2cn3ccccc3c2C#N)c1=O. The second kappa shape index (κ2) is 6.71. The summed E-state index contributed by atoms with van der Waals surface area (Å²) in [4.78, 5) is 13.0. The third-order valence-electron chi connectivity index (χ3n) is 5.25. The Balaban J connectivity index is 1.79. The van der Waals surface area contributed by atoms with Crippen molar-refractivity contribution in [2.75, 3.05) is 6.61 Å². The molecule has 7 heteroatoms. The van der Waals surface area contributed by atoms with E-state index in [0.29, 0.717) is 23.9 Å². The van der Waals surface area contributed by atoms with Crippen molar-refractivity contribution in [3.8, 4) is 6.07 Å². The van der Waals surface area contributed by atoms with Crippen molar-refractivity contribution >= 4 is 5.52 Å². The number of hydrogen-bond donors (Lipinski definition) is 0. The second-order valence-corrected chi connectivity index (χ2v) is 7.45. The molecular weight excluding hydrogens is 342 g/mol. The molecule has 2 atom stereocenters. The molecule has 1 saturated heterocycles. The first kappa shape index (κ1) is 17.6. The molecule has 0 aliphatic carbocycles. The van der Waals surface area contributed by atoms with E-state index in [1.54, 1.807) is 4.57 Å². The zero-order valence-corrected chi connectivity index (χ0v) is 15.8. The average Bonchev–Trinajstić information content (AvgIpc) is 3.30. The summed E-state index contributed by atoms with van der Waals surface area (Å²) < 4.78 is 10.9. The summed E-state index contributed by atoms with van der Waals surface area (Å²) >= 11 is 0. The fourth-order valence-corrected chi connectivity index (χ4v) is 3.83. The van der Waals surface area contributed by atoms with Crippen LogP contribution in [0.1, 0.15) is 56.3 Å². The summed E-state index contributed by atoms with van der Waals surface area (Å²) in [5, 5.41) is 14.2. The zero-order valence-electron chi connectivity index (χ0n) is 15.8. The van der Waals surface area contributed by atoms with Gasteiger partial charge in [-0.1, -0.05) is 13.0 Å². The lowest BCUT2D eigenvalue weighted by Gasteiger charge is -2.16. The zero-order chi connectivity index (χ0) is 19.1. The van der Waals surface area contributed by atoms with Gasteiger partial charge in [0.1, 0.15) is 12.2 Å². The van der Waals surface area contributed by atoms with Gasteiger partial charge in [-0.2, -0.15) is 10.4 Å². The van der Waals surface area contributed by atoms with Gasteiger partial charge in [-0.25, -0.2) is 9.48 Å². The molecule has 4 heterocycles. The normalized spacial score (nSPS) is 19.8. The quantitative estimate of drug-likeness (QED) is 0.712. The molecule has 0 radical (unpaired) electrons. The Hall–Kier alpha value is -2.85. The van der Waals surface area contributed by atoms with Gasteiger partial charge in [-0.15, -0.1) is 0 Å². The molecule has 0 amide bonds. The van der Waals surface area contributed by atoms with Crippen molar-refractivity contribution < 1.29 is 4.74 Å². The highest BCUT2D eigenvalue weighted by molar-refractivity contribution is 5.65. The summed E-state index contributed by atoms with van der Waals surface area (Å²) in [7, 11) is 0. The maximum atomic E-state index is 13.0. The Kier molecular flexibility index (Phi) is 4.36. The summed E-state index contributed by atoms with van der Waals surface area (Å²) in [5.74, 6) is 1.01. The first-order valence-electron chi connectivity index (χ1n) is 9.30. The molecule has 0 unspecified atom stereocenters. The second-order valence-electron chi connectivity index (χ2n) is 7.45. The van der Waals surface area contributed by atoms with Crippen molar-refractivity contribution in [2.45, 2.75) is 45.9 Å². The molecule has 0 saturated carbocycles. The minimum Gasteiger partial charge on any atom is -0.370 e. The third kappa shape index (κ3) is 2.86. The van der Waals surface area contributed by atoms with E-state index in [9.17, 15) is 10.1 Å². The Labute approximate surface area is 157 Å². The molecule has 0 aromatic carbocycles. The number of fused-ring (bicyclic) bond motifs is 1. The summed E-state index contributed by atoms with van der Waals surface area (Å²) in [5.41, 5.74) is 2.03. The molecular formula is C20H23N5O2. The van der Waals surface area contributed by atoms with Crippen molar-refractivity contribution in [2.24, 2.45) is 5.92 Å². The van der Waals surface area contributed by atoms with Crippen LogP contribution in [0.25, 0.3) is 5.52 Å². The number of aromatic nitrogens is 4. The van der Waals surface area contributed by atoms with Gasteiger partial charge in [0.25, 0.3) is 0 Å². The van der Waals surface area contributed by atoms with Crippen molar-refractivity contribution in [1.29, 1.82) is 5.26 Å². The van der Waals surface area contributed by atoms with Gasteiger partial charge in [0.05, 0.1) is 17.6 Å². The fraction of sp³-hybridized carbons (Fsp3) is 0.450. The van der Waals surface area contributed by atoms with Gasteiger partial charge >= 0.3 is 5.69 Å². The van der Waals surface area contributed by atoms with E-state index in [1.807, 2.05) is 48.8 Å². The average molecular weight is 365 g/mol. The molecule has 0 spiro atoms. The molecule has 3 aromatic rings. The van der Waals surface area contributed by atoms with Crippen molar-refractivity contribution in [3.63, 3.8) is 0 Å². The van der Waals surface area contributed by atoms with Crippen LogP contribution in [-0.2, 0) is 11.3 Å². The first-order chi connectivity index (χ1) is 13.0. The summed E-state index contributed by atoms with van der Waals surface area (Å²) in [6.45, 7) is 7.03. The lowest BCUT2D eigenvalue weighted by atomic mass is 10.0. The number of nitriles is 1. The molecule has 0 N–H and O–H groups in total. The highest BCUT2D eigenvalue weighted by Crippen LogP contribution is 2.33. The van der Waals surface area contributed by atoms with Crippen LogP contribution in [-0.4, -0.2) is 25.4 Å². The number of ether oxygens (including phenoxy) is 1. The predicted octanol–water partition coefficient (Wildman–Crippen LogP) is 2.90. The van der Waals surface area contributed by atoms with Crippen LogP contribution in [0.4, 0.5) is 0 Å². The topological polar surface area (TPSA) is 77.2 Å². The molecule has 0 bridgehead atoms. The van der Waals surface area contributed by atoms with Gasteiger partial charge in [0.15, 0.2) is 5.82 Å². The molecule has 1 aliphatic rings. The van der Waals surface area contributed by atoms with E-state index in [2.05, 4.69) is 18.1 Å². The van der Waals surface area contributed by atoms with E-state index in [4.69, 9.17) is 4.74 Å². The van der Waals surface area contributed by atoms with Gasteiger partial charge in [0, 0.05) is 30.6 Å². The Bertz CT molecular complexity index is 1080. The van der Waals surface area contributed by atoms with Crippen LogP contribution >= 0.6 is 0 Å². The largest absolute Gasteiger partial charge is 0.370 e. The van der Waals surface area contributed by atoms with Crippen LogP contribution in [0.2, 0.25) is 0 Å². The van der Waals surface area contributed by atoms with E-state index in [0.717, 1.165) is 17.5 Å². The molecule has 7 nitrogen and oxygen atoms in total. The molecule has 27 heavy (non-hydrogen) atoms. The van der Waals surface area contributed by atoms with E-state index < -0.39 is 0 Å². The van der Waals surface area contributed by atoms with Crippen molar-refractivity contribution in [3.05, 3.63) is 58.0 Å². The van der Waals surface area contributed by atoms with Crippen molar-refractivity contribution in [1.82, 2.24) is 18.7 Å². The van der Waals surface area contributed by atoms with Crippen LogP contribution in [0, 0.1) is 17.2 Å². The number of rotatable bonds is 4. The van der Waals surface area contributed by atoms with E-state index in [-0.39, 0.29) is 24.4 Å². The third-order valence-corrected chi connectivity index (χ3v) is 5.25. The van der Waals surface area contributed by atoms with E-state index >= 15 is 0 Å². The monoisotopic (exact) mass is 365 g/mol. The predicted molar refractivity (Wildman–Crippen MR) is 101 cm³/mol. The number of pyridine rings is 1. The van der Waals surface area contributed by atoms with Gasteiger partial charge in [-0.3, -0.25) is 4.57 Å². The van der Waals surface area contributed by atoms with Gasteiger partial charge < -0.3 is 9.14 Å². The Morgan fingerprint density at radius 3 is 2.89 bits per heavy atom. The maximum Gasteiger partial charge on any atom is 0.346 e. The Morgan fingerprint density at radius 1 is 1.41 bits per heavy atom. The van der Waals surface area contributed by atoms with Gasteiger partial charge in [0.2, 0.25) is 0 Å². The maximum absolute atomic E-state index is 13.0. The molecule has 1 aliphatic heterocycles. The Morgan fingerprint density at radius 2 is 2.22 bits per heavy atom. The lowest BCUT2D eigenvalue weighted by Crippen LogP contribution is -2.28. The van der Waals surface area contributed by atoms with Crippen LogP contribution in [0.5, 0.6) is 0 Å². The van der Waals surface area contributed by atoms with Crippen LogP contribution < -0.4 is 5.69 Å². The number of nitrogens with zero attached hydrogens (tertiary/aromatic N) is 5. The minimum atomic E-state index is -0.165. The van der Waals surface area contributed by atoms with E-state index in [1.165, 1.54) is 4.68 Å². The minimum absolute atomic E-state index is 0.0128. The lowest BCUT2D eigenvalue weighted by molar-refractivity contribution is 0.0825. The summed E-state index contributed by atoms with van der Waals surface area (Å²) in [6, 6.07) is 7.97.